The van der Waals surface area contributed by atoms with Crippen molar-refractivity contribution in [3.05, 3.63) is 39.6 Å². The van der Waals surface area contributed by atoms with E-state index in [9.17, 15) is 4.79 Å². The zero-order valence-corrected chi connectivity index (χ0v) is 9.34. The summed E-state index contributed by atoms with van der Waals surface area (Å²) < 4.78 is 0.905. The van der Waals surface area contributed by atoms with Crippen molar-refractivity contribution >= 4 is 44.6 Å². The molecule has 0 N–H and O–H groups in total. The molecule has 4 heteroatoms. The van der Waals surface area contributed by atoms with E-state index in [1.165, 1.54) is 0 Å². The van der Waals surface area contributed by atoms with Gasteiger partial charge in [0.15, 0.2) is 6.29 Å². The molecular formula is C10H5BrClNO. The second kappa shape index (κ2) is 3.67. The zero-order valence-electron chi connectivity index (χ0n) is 7.00. The predicted molar refractivity (Wildman–Crippen MR) is 59.8 cm³/mol. The molecule has 2 aromatic rings. The normalized spacial score (nSPS) is 10.4. The third-order valence-electron chi connectivity index (χ3n) is 1.93. The fourth-order valence-corrected chi connectivity index (χ4v) is 2.00. The van der Waals surface area contributed by atoms with E-state index in [0.29, 0.717) is 17.1 Å². The van der Waals surface area contributed by atoms with Crippen molar-refractivity contribution in [2.24, 2.45) is 0 Å². The SMILES string of the molecule is O=Cc1nc(Cl)cc2c(Br)cccc12. The standard InChI is InChI=1S/C10H5BrClNO/c11-8-3-1-2-6-7(8)4-10(12)13-9(6)5-14/h1-5H. The van der Waals surface area contributed by atoms with Gasteiger partial charge in [-0.2, -0.15) is 0 Å². The van der Waals surface area contributed by atoms with Crippen molar-refractivity contribution in [1.29, 1.82) is 0 Å². The Morgan fingerprint density at radius 1 is 1.36 bits per heavy atom. The van der Waals surface area contributed by atoms with Crippen molar-refractivity contribution in [3.63, 3.8) is 0 Å². The highest BCUT2D eigenvalue weighted by Crippen LogP contribution is 2.27. The molecule has 14 heavy (non-hydrogen) atoms. The number of aromatic nitrogens is 1. The lowest BCUT2D eigenvalue weighted by Gasteiger charge is -2.02. The van der Waals surface area contributed by atoms with E-state index in [1.54, 1.807) is 6.07 Å². The number of aldehydes is 1. The number of pyridine rings is 1. The van der Waals surface area contributed by atoms with Gasteiger partial charge in [-0.3, -0.25) is 4.79 Å². The smallest absolute Gasteiger partial charge is 0.169 e. The monoisotopic (exact) mass is 269 g/mol. The molecular weight excluding hydrogens is 265 g/mol. The number of hydrogen-bond acceptors (Lipinski definition) is 2. The van der Waals surface area contributed by atoms with Gasteiger partial charge in [0.25, 0.3) is 0 Å². The van der Waals surface area contributed by atoms with Crippen LogP contribution in [0.3, 0.4) is 0 Å². The van der Waals surface area contributed by atoms with Gasteiger partial charge in [-0.1, -0.05) is 39.7 Å². The van der Waals surface area contributed by atoms with Crippen LogP contribution >= 0.6 is 27.5 Å². The van der Waals surface area contributed by atoms with Crippen LogP contribution < -0.4 is 0 Å². The van der Waals surface area contributed by atoms with E-state index < -0.39 is 0 Å². The Balaban J connectivity index is 2.94. The van der Waals surface area contributed by atoms with Crippen molar-refractivity contribution in [2.75, 3.05) is 0 Å². The van der Waals surface area contributed by atoms with Crippen molar-refractivity contribution in [2.45, 2.75) is 0 Å². The minimum atomic E-state index is 0.325. The van der Waals surface area contributed by atoms with Crippen molar-refractivity contribution in [1.82, 2.24) is 4.98 Å². The highest BCUT2D eigenvalue weighted by Gasteiger charge is 2.05. The molecule has 0 aliphatic carbocycles. The Bertz CT molecular complexity index is 513. The summed E-state index contributed by atoms with van der Waals surface area (Å²) in [5.41, 5.74) is 0.369. The molecule has 0 aliphatic rings. The molecule has 0 saturated heterocycles. The van der Waals surface area contributed by atoms with Gasteiger partial charge in [0.05, 0.1) is 0 Å². The average Bonchev–Trinajstić information content (AvgIpc) is 2.18. The molecule has 0 bridgehead atoms. The van der Waals surface area contributed by atoms with Gasteiger partial charge >= 0.3 is 0 Å². The lowest BCUT2D eigenvalue weighted by Crippen LogP contribution is -1.90. The maximum atomic E-state index is 10.7. The number of carbonyl (C=O) groups excluding carboxylic acids is 1. The van der Waals surface area contributed by atoms with Gasteiger partial charge in [-0.25, -0.2) is 4.98 Å². The number of nitrogens with zero attached hydrogens (tertiary/aromatic N) is 1. The minimum absolute atomic E-state index is 0.325. The van der Waals surface area contributed by atoms with Crippen LogP contribution in [0.4, 0.5) is 0 Å². The minimum Gasteiger partial charge on any atom is -0.296 e. The molecule has 2 nitrogen and oxygen atoms in total. The first-order valence-electron chi connectivity index (χ1n) is 3.92. The van der Waals surface area contributed by atoms with Crippen LogP contribution in [0.1, 0.15) is 10.5 Å². The predicted octanol–water partition coefficient (Wildman–Crippen LogP) is 3.46. The summed E-state index contributed by atoms with van der Waals surface area (Å²) in [4.78, 5) is 14.7. The summed E-state index contributed by atoms with van der Waals surface area (Å²) in [6, 6.07) is 7.32. The Kier molecular flexibility index (Phi) is 2.52. The van der Waals surface area contributed by atoms with E-state index in [-0.39, 0.29) is 0 Å². The van der Waals surface area contributed by atoms with E-state index in [4.69, 9.17) is 11.6 Å². The van der Waals surface area contributed by atoms with E-state index in [0.717, 1.165) is 15.2 Å². The zero-order chi connectivity index (χ0) is 10.1. The number of benzene rings is 1. The summed E-state index contributed by atoms with van der Waals surface area (Å²) in [6.45, 7) is 0. The van der Waals surface area contributed by atoms with E-state index in [1.807, 2.05) is 18.2 Å². The third kappa shape index (κ3) is 1.53. The summed E-state index contributed by atoms with van der Waals surface area (Å²) in [5, 5.41) is 2.03. The van der Waals surface area contributed by atoms with Crippen LogP contribution in [0.25, 0.3) is 10.8 Å². The molecule has 0 unspecified atom stereocenters. The van der Waals surface area contributed by atoms with E-state index in [2.05, 4.69) is 20.9 Å². The number of carbonyl (C=O) groups is 1. The Morgan fingerprint density at radius 2 is 2.14 bits per heavy atom. The number of hydrogen-bond donors (Lipinski definition) is 0. The van der Waals surface area contributed by atoms with Gasteiger partial charge in [0.1, 0.15) is 10.8 Å². The van der Waals surface area contributed by atoms with Gasteiger partial charge in [0, 0.05) is 15.2 Å². The molecule has 0 aliphatic heterocycles. The maximum absolute atomic E-state index is 10.7. The van der Waals surface area contributed by atoms with Crippen LogP contribution in [0.2, 0.25) is 5.15 Å². The van der Waals surface area contributed by atoms with Crippen LogP contribution in [-0.4, -0.2) is 11.3 Å². The summed E-state index contributed by atoms with van der Waals surface area (Å²) >= 11 is 9.18. The van der Waals surface area contributed by atoms with Gasteiger partial charge in [-0.05, 0) is 12.1 Å². The Morgan fingerprint density at radius 3 is 2.86 bits per heavy atom. The Labute approximate surface area is 94.0 Å². The quantitative estimate of drug-likeness (QED) is 0.587. The first kappa shape index (κ1) is 9.62. The average molecular weight is 271 g/mol. The molecule has 0 saturated carbocycles. The number of rotatable bonds is 1. The first-order valence-corrected chi connectivity index (χ1v) is 5.09. The molecule has 0 radical (unpaired) electrons. The molecule has 70 valence electrons. The van der Waals surface area contributed by atoms with Gasteiger partial charge in [0.2, 0.25) is 0 Å². The molecule has 0 spiro atoms. The highest BCUT2D eigenvalue weighted by molar-refractivity contribution is 9.10. The first-order chi connectivity index (χ1) is 6.72. The highest BCUT2D eigenvalue weighted by atomic mass is 79.9. The lowest BCUT2D eigenvalue weighted by atomic mass is 10.1. The van der Waals surface area contributed by atoms with Gasteiger partial charge < -0.3 is 0 Å². The van der Waals surface area contributed by atoms with Gasteiger partial charge in [-0.15, -0.1) is 0 Å². The van der Waals surface area contributed by atoms with Crippen LogP contribution in [0.5, 0.6) is 0 Å². The number of halogens is 2. The summed E-state index contributed by atoms with van der Waals surface area (Å²) in [5.74, 6) is 0. The maximum Gasteiger partial charge on any atom is 0.169 e. The molecule has 1 aromatic heterocycles. The fourth-order valence-electron chi connectivity index (χ4n) is 1.32. The number of fused-ring (bicyclic) bond motifs is 1. The molecule has 0 amide bonds. The molecule has 1 aromatic carbocycles. The molecule has 2 rings (SSSR count). The second-order valence-corrected chi connectivity index (χ2v) is 4.02. The van der Waals surface area contributed by atoms with E-state index >= 15 is 0 Å². The third-order valence-corrected chi connectivity index (χ3v) is 2.82. The van der Waals surface area contributed by atoms with Crippen LogP contribution in [-0.2, 0) is 0 Å². The molecule has 1 heterocycles. The second-order valence-electron chi connectivity index (χ2n) is 2.78. The topological polar surface area (TPSA) is 30.0 Å². The largest absolute Gasteiger partial charge is 0.296 e. The van der Waals surface area contributed by atoms with Crippen molar-refractivity contribution in [3.8, 4) is 0 Å². The van der Waals surface area contributed by atoms with Crippen LogP contribution in [0.15, 0.2) is 28.7 Å². The lowest BCUT2D eigenvalue weighted by molar-refractivity contribution is 0.112. The summed E-state index contributed by atoms with van der Waals surface area (Å²) in [7, 11) is 0. The Hall–Kier alpha value is -0.930. The van der Waals surface area contributed by atoms with Crippen molar-refractivity contribution < 1.29 is 4.79 Å². The molecule has 0 atom stereocenters. The molecule has 0 fully saturated rings. The summed E-state index contributed by atoms with van der Waals surface area (Å²) in [6.07, 6.45) is 0.709. The fraction of sp³-hybridized carbons (Fsp3) is 0. The van der Waals surface area contributed by atoms with Crippen LogP contribution in [0, 0.1) is 0 Å².